The van der Waals surface area contributed by atoms with E-state index in [1.807, 2.05) is 0 Å². The SMILES string of the molecule is CCN(CC(N)=O)c1ccc(C(F)(F)F)c(CN)c1. The van der Waals surface area contributed by atoms with Crippen LogP contribution in [0.2, 0.25) is 0 Å². The first-order valence-corrected chi connectivity index (χ1v) is 5.73. The molecule has 19 heavy (non-hydrogen) atoms. The summed E-state index contributed by atoms with van der Waals surface area (Å²) in [6, 6.07) is 3.63. The van der Waals surface area contributed by atoms with Crippen LogP contribution < -0.4 is 16.4 Å². The van der Waals surface area contributed by atoms with Crippen LogP contribution in [0.3, 0.4) is 0 Å². The third-order valence-electron chi connectivity index (χ3n) is 2.71. The molecule has 0 aliphatic carbocycles. The quantitative estimate of drug-likeness (QED) is 0.854. The number of primary amides is 1. The first-order valence-electron chi connectivity index (χ1n) is 5.73. The Bertz CT molecular complexity index is 460. The van der Waals surface area contributed by atoms with Crippen molar-refractivity contribution in [2.45, 2.75) is 19.6 Å². The minimum atomic E-state index is -4.44. The van der Waals surface area contributed by atoms with Crippen molar-refractivity contribution >= 4 is 11.6 Å². The second-order valence-corrected chi connectivity index (χ2v) is 4.02. The largest absolute Gasteiger partial charge is 0.416 e. The number of rotatable bonds is 5. The molecule has 0 aromatic heterocycles. The maximum Gasteiger partial charge on any atom is 0.416 e. The van der Waals surface area contributed by atoms with Gasteiger partial charge in [-0.2, -0.15) is 13.2 Å². The lowest BCUT2D eigenvalue weighted by atomic mass is 10.1. The van der Waals surface area contributed by atoms with Crippen LogP contribution in [0.4, 0.5) is 18.9 Å². The second-order valence-electron chi connectivity index (χ2n) is 4.02. The first-order chi connectivity index (χ1) is 8.79. The van der Waals surface area contributed by atoms with Crippen molar-refractivity contribution in [3.8, 4) is 0 Å². The molecule has 106 valence electrons. The molecule has 1 aromatic carbocycles. The Morgan fingerprint density at radius 3 is 2.42 bits per heavy atom. The van der Waals surface area contributed by atoms with Gasteiger partial charge in [0.1, 0.15) is 0 Å². The molecule has 4 N–H and O–H groups in total. The Morgan fingerprint density at radius 2 is 2.00 bits per heavy atom. The third-order valence-corrected chi connectivity index (χ3v) is 2.71. The van der Waals surface area contributed by atoms with Gasteiger partial charge < -0.3 is 16.4 Å². The Morgan fingerprint density at radius 1 is 1.37 bits per heavy atom. The highest BCUT2D eigenvalue weighted by atomic mass is 19.4. The topological polar surface area (TPSA) is 72.3 Å². The van der Waals surface area contributed by atoms with Gasteiger partial charge in [0, 0.05) is 18.8 Å². The lowest BCUT2D eigenvalue weighted by Crippen LogP contribution is -2.33. The molecule has 0 atom stereocenters. The van der Waals surface area contributed by atoms with Crippen molar-refractivity contribution in [3.05, 3.63) is 29.3 Å². The number of nitrogens with two attached hydrogens (primary N) is 2. The number of alkyl halides is 3. The van der Waals surface area contributed by atoms with Gasteiger partial charge in [0.2, 0.25) is 5.91 Å². The summed E-state index contributed by atoms with van der Waals surface area (Å²) in [4.78, 5) is 12.5. The predicted molar refractivity (Wildman–Crippen MR) is 66.4 cm³/mol. The Labute approximate surface area is 109 Å². The minimum Gasteiger partial charge on any atom is -0.368 e. The molecule has 0 spiro atoms. The number of hydrogen-bond donors (Lipinski definition) is 2. The molecule has 0 aliphatic heterocycles. The van der Waals surface area contributed by atoms with Crippen LogP contribution in [0.25, 0.3) is 0 Å². The van der Waals surface area contributed by atoms with E-state index in [0.29, 0.717) is 12.2 Å². The van der Waals surface area contributed by atoms with Crippen LogP contribution in [0.15, 0.2) is 18.2 Å². The molecule has 0 unspecified atom stereocenters. The van der Waals surface area contributed by atoms with E-state index >= 15 is 0 Å². The summed E-state index contributed by atoms with van der Waals surface area (Å²) < 4.78 is 38.2. The van der Waals surface area contributed by atoms with Crippen molar-refractivity contribution in [1.82, 2.24) is 0 Å². The number of carbonyl (C=O) groups excluding carboxylic acids is 1. The second kappa shape index (κ2) is 5.92. The van der Waals surface area contributed by atoms with Crippen LogP contribution >= 0.6 is 0 Å². The van der Waals surface area contributed by atoms with E-state index in [4.69, 9.17) is 11.5 Å². The number of hydrogen-bond acceptors (Lipinski definition) is 3. The lowest BCUT2D eigenvalue weighted by molar-refractivity contribution is -0.138. The van der Waals surface area contributed by atoms with Crippen molar-refractivity contribution in [2.75, 3.05) is 18.0 Å². The lowest BCUT2D eigenvalue weighted by Gasteiger charge is -2.23. The highest BCUT2D eigenvalue weighted by Gasteiger charge is 2.33. The number of amides is 1. The van der Waals surface area contributed by atoms with Crippen LogP contribution in [-0.2, 0) is 17.5 Å². The molecule has 7 heteroatoms. The fraction of sp³-hybridized carbons (Fsp3) is 0.417. The molecular formula is C12H16F3N3O. The summed E-state index contributed by atoms with van der Waals surface area (Å²) in [7, 11) is 0. The molecule has 0 saturated heterocycles. The van der Waals surface area contributed by atoms with Crippen molar-refractivity contribution in [3.63, 3.8) is 0 Å². The summed E-state index contributed by atoms with van der Waals surface area (Å²) >= 11 is 0. The number of benzene rings is 1. The van der Waals surface area contributed by atoms with Crippen molar-refractivity contribution < 1.29 is 18.0 Å². The fourth-order valence-corrected chi connectivity index (χ4v) is 1.80. The molecule has 0 bridgehead atoms. The summed E-state index contributed by atoms with van der Waals surface area (Å²) in [5.41, 5.74) is 10.2. The average Bonchev–Trinajstić information content (AvgIpc) is 2.33. The van der Waals surface area contributed by atoms with Gasteiger partial charge in [0.05, 0.1) is 12.1 Å². The van der Waals surface area contributed by atoms with Crippen molar-refractivity contribution in [2.24, 2.45) is 11.5 Å². The zero-order chi connectivity index (χ0) is 14.6. The molecule has 0 saturated carbocycles. The molecule has 1 aromatic rings. The molecule has 0 fully saturated rings. The van der Waals surface area contributed by atoms with E-state index in [0.717, 1.165) is 6.07 Å². The van der Waals surface area contributed by atoms with E-state index in [-0.39, 0.29) is 18.7 Å². The average molecular weight is 275 g/mol. The number of carbonyl (C=O) groups is 1. The molecule has 1 rings (SSSR count). The maximum absolute atomic E-state index is 12.7. The summed E-state index contributed by atoms with van der Waals surface area (Å²) in [6.07, 6.45) is -4.44. The third kappa shape index (κ3) is 3.85. The summed E-state index contributed by atoms with van der Waals surface area (Å²) in [6.45, 7) is 1.96. The van der Waals surface area contributed by atoms with Gasteiger partial charge in [-0.25, -0.2) is 0 Å². The van der Waals surface area contributed by atoms with Gasteiger partial charge in [-0.15, -0.1) is 0 Å². The number of halogens is 3. The van der Waals surface area contributed by atoms with Gasteiger partial charge >= 0.3 is 6.18 Å². The van der Waals surface area contributed by atoms with Gasteiger partial charge in [-0.05, 0) is 30.7 Å². The predicted octanol–water partition coefficient (Wildman–Crippen LogP) is 1.48. The highest BCUT2D eigenvalue weighted by Crippen LogP contribution is 2.33. The zero-order valence-electron chi connectivity index (χ0n) is 10.5. The van der Waals surface area contributed by atoms with Crippen molar-refractivity contribution in [1.29, 1.82) is 0 Å². The standard InChI is InChI=1S/C12H16F3N3O/c1-2-18(7-11(17)19)9-3-4-10(12(13,14)15)8(5-9)6-16/h3-5H,2,6-7,16H2,1H3,(H2,17,19). The summed E-state index contributed by atoms with van der Waals surface area (Å²) in [5, 5.41) is 0. The molecule has 4 nitrogen and oxygen atoms in total. The van der Waals surface area contributed by atoms with Gasteiger partial charge in [0.15, 0.2) is 0 Å². The smallest absolute Gasteiger partial charge is 0.368 e. The van der Waals surface area contributed by atoms with Gasteiger partial charge in [-0.3, -0.25) is 4.79 Å². The van der Waals surface area contributed by atoms with Crippen LogP contribution in [0.5, 0.6) is 0 Å². The van der Waals surface area contributed by atoms with Gasteiger partial charge in [0.25, 0.3) is 0 Å². The molecular weight excluding hydrogens is 259 g/mol. The normalized spacial score (nSPS) is 11.4. The monoisotopic (exact) mass is 275 g/mol. The van der Waals surface area contributed by atoms with E-state index in [1.165, 1.54) is 12.1 Å². The van der Waals surface area contributed by atoms with E-state index in [2.05, 4.69) is 0 Å². The minimum absolute atomic E-state index is 0.00656. The van der Waals surface area contributed by atoms with Crippen LogP contribution in [0.1, 0.15) is 18.1 Å². The molecule has 0 aliphatic rings. The van der Waals surface area contributed by atoms with Crippen LogP contribution in [0, 0.1) is 0 Å². The molecule has 0 heterocycles. The Hall–Kier alpha value is -1.76. The highest BCUT2D eigenvalue weighted by molar-refractivity contribution is 5.79. The first kappa shape index (κ1) is 15.3. The van der Waals surface area contributed by atoms with E-state index in [9.17, 15) is 18.0 Å². The maximum atomic E-state index is 12.7. The van der Waals surface area contributed by atoms with E-state index in [1.54, 1.807) is 11.8 Å². The van der Waals surface area contributed by atoms with Gasteiger partial charge in [-0.1, -0.05) is 0 Å². The molecule has 1 amide bonds. The number of anilines is 1. The zero-order valence-corrected chi connectivity index (χ0v) is 10.5. The Kier molecular flexibility index (Phi) is 4.77. The molecule has 0 radical (unpaired) electrons. The fourth-order valence-electron chi connectivity index (χ4n) is 1.80. The van der Waals surface area contributed by atoms with Crippen LogP contribution in [-0.4, -0.2) is 19.0 Å². The Balaban J connectivity index is 3.15. The number of likely N-dealkylation sites (N-methyl/N-ethyl adjacent to an activating group) is 1. The van der Waals surface area contributed by atoms with E-state index < -0.39 is 17.6 Å². The summed E-state index contributed by atoms with van der Waals surface area (Å²) in [5.74, 6) is -0.545. The number of nitrogens with zero attached hydrogens (tertiary/aromatic N) is 1.